The lowest BCUT2D eigenvalue weighted by Gasteiger charge is -2.19. The third-order valence-electron chi connectivity index (χ3n) is 5.68. The minimum absolute atomic E-state index is 0.0631. The normalized spacial score (nSPS) is 14.3. The molecule has 1 fully saturated rings. The van der Waals surface area contributed by atoms with E-state index >= 15 is 0 Å². The number of nitrogens with zero attached hydrogens (tertiary/aromatic N) is 4. The minimum Gasteiger partial charge on any atom is -0.319 e. The molecule has 0 amide bonds. The van der Waals surface area contributed by atoms with Crippen molar-refractivity contribution in [1.82, 2.24) is 18.7 Å². The first-order chi connectivity index (χ1) is 13.9. The molecule has 0 unspecified atom stereocenters. The van der Waals surface area contributed by atoms with Gasteiger partial charge >= 0.3 is 5.69 Å². The molecule has 0 atom stereocenters. The number of hydrogen-bond acceptors (Lipinski definition) is 3. The van der Waals surface area contributed by atoms with Crippen molar-refractivity contribution in [1.29, 1.82) is 0 Å². The van der Waals surface area contributed by atoms with Gasteiger partial charge in [-0.15, -0.1) is 0 Å². The number of fused-ring (bicyclic) bond motifs is 1. The van der Waals surface area contributed by atoms with Crippen LogP contribution in [0.25, 0.3) is 16.9 Å². The van der Waals surface area contributed by atoms with E-state index in [4.69, 9.17) is 28.2 Å². The minimum atomic E-state index is -0.397. The van der Waals surface area contributed by atoms with Crippen molar-refractivity contribution in [2.24, 2.45) is 0 Å². The van der Waals surface area contributed by atoms with E-state index in [0.717, 1.165) is 31.5 Å². The summed E-state index contributed by atoms with van der Waals surface area (Å²) in [5.41, 5.74) is 0.675. The van der Waals surface area contributed by atoms with Gasteiger partial charge in [-0.05, 0) is 43.9 Å². The van der Waals surface area contributed by atoms with Crippen LogP contribution in [0.3, 0.4) is 0 Å². The van der Waals surface area contributed by atoms with Gasteiger partial charge in [0, 0.05) is 23.5 Å². The predicted molar refractivity (Wildman–Crippen MR) is 117 cm³/mol. The maximum absolute atomic E-state index is 13.5. The van der Waals surface area contributed by atoms with Crippen LogP contribution in [0.15, 0.2) is 27.8 Å². The fraction of sp³-hybridized carbons (Fsp3) is 0.476. The second-order valence-electron chi connectivity index (χ2n) is 7.51. The Morgan fingerprint density at radius 3 is 2.38 bits per heavy atom. The second-order valence-corrected chi connectivity index (χ2v) is 8.36. The molecule has 29 heavy (non-hydrogen) atoms. The molecule has 1 aliphatic carbocycles. The maximum Gasteiger partial charge on any atom is 0.337 e. The Balaban J connectivity index is 2.19. The summed E-state index contributed by atoms with van der Waals surface area (Å²) >= 11 is 12.5. The molecule has 3 aromatic rings. The molecule has 4 rings (SSSR count). The van der Waals surface area contributed by atoms with E-state index in [-0.39, 0.29) is 17.6 Å². The number of imidazole rings is 1. The highest BCUT2D eigenvalue weighted by Crippen LogP contribution is 2.34. The molecule has 154 valence electrons. The third-order valence-corrected chi connectivity index (χ3v) is 6.22. The largest absolute Gasteiger partial charge is 0.337 e. The molecule has 6 nitrogen and oxygen atoms in total. The van der Waals surface area contributed by atoms with Gasteiger partial charge in [-0.25, -0.2) is 14.3 Å². The van der Waals surface area contributed by atoms with Crippen LogP contribution in [0, 0.1) is 0 Å². The zero-order valence-electron chi connectivity index (χ0n) is 16.8. The maximum atomic E-state index is 13.5. The number of halogens is 2. The summed E-state index contributed by atoms with van der Waals surface area (Å²) in [7, 11) is 0. The molecule has 8 heteroatoms. The first kappa shape index (κ1) is 20.2. The third kappa shape index (κ3) is 3.22. The average molecular weight is 435 g/mol. The lowest BCUT2D eigenvalue weighted by Crippen LogP contribution is -2.40. The molecule has 0 saturated heterocycles. The van der Waals surface area contributed by atoms with E-state index < -0.39 is 5.69 Å². The Bertz CT molecular complexity index is 1200. The van der Waals surface area contributed by atoms with Crippen LogP contribution in [-0.4, -0.2) is 18.7 Å². The number of benzene rings is 1. The van der Waals surface area contributed by atoms with E-state index in [1.54, 1.807) is 18.2 Å². The van der Waals surface area contributed by atoms with Gasteiger partial charge in [-0.2, -0.15) is 0 Å². The van der Waals surface area contributed by atoms with Crippen molar-refractivity contribution in [3.63, 3.8) is 0 Å². The highest BCUT2D eigenvalue weighted by molar-refractivity contribution is 6.35. The standard InChI is InChI=1S/C21H24Cl2N4O2/c1-4-13(5-2)25-17(6-3)24-19-18(25)20(28)26(14-8-9-14)21(29)27(19)16-10-7-12(22)11-15(16)23/h7,10-11,13-14H,4-6,8-9H2,1-3H3. The van der Waals surface area contributed by atoms with Crippen LogP contribution < -0.4 is 11.2 Å². The molecule has 0 radical (unpaired) electrons. The zero-order chi connectivity index (χ0) is 20.9. The van der Waals surface area contributed by atoms with Crippen molar-refractivity contribution >= 4 is 34.4 Å². The lowest BCUT2D eigenvalue weighted by atomic mass is 10.1. The van der Waals surface area contributed by atoms with Gasteiger partial charge in [0.05, 0.1) is 10.7 Å². The highest BCUT2D eigenvalue weighted by Gasteiger charge is 2.32. The van der Waals surface area contributed by atoms with Gasteiger partial charge < -0.3 is 4.57 Å². The molecule has 0 spiro atoms. The average Bonchev–Trinajstić information content (AvgIpc) is 3.45. The number of aryl methyl sites for hydroxylation is 1. The molecular weight excluding hydrogens is 411 g/mol. The number of rotatable bonds is 6. The van der Waals surface area contributed by atoms with E-state index in [1.165, 1.54) is 9.13 Å². The summed E-state index contributed by atoms with van der Waals surface area (Å²) in [6.07, 6.45) is 4.07. The molecule has 2 aromatic heterocycles. The Morgan fingerprint density at radius 1 is 1.14 bits per heavy atom. The summed E-state index contributed by atoms with van der Waals surface area (Å²) in [5, 5.41) is 0.826. The summed E-state index contributed by atoms with van der Waals surface area (Å²) in [6.45, 7) is 6.22. The predicted octanol–water partition coefficient (Wildman–Crippen LogP) is 4.91. The first-order valence-electron chi connectivity index (χ1n) is 10.2. The van der Waals surface area contributed by atoms with E-state index in [1.807, 2.05) is 11.5 Å². The Hall–Kier alpha value is -2.05. The number of aromatic nitrogens is 4. The molecule has 0 bridgehead atoms. The van der Waals surface area contributed by atoms with Gasteiger partial charge in [-0.1, -0.05) is 44.0 Å². The van der Waals surface area contributed by atoms with Crippen molar-refractivity contribution in [2.75, 3.05) is 0 Å². The molecule has 1 aromatic carbocycles. The lowest BCUT2D eigenvalue weighted by molar-refractivity contribution is 0.466. The summed E-state index contributed by atoms with van der Waals surface area (Å²) < 4.78 is 4.90. The molecule has 2 heterocycles. The monoisotopic (exact) mass is 434 g/mol. The molecule has 1 saturated carbocycles. The van der Waals surface area contributed by atoms with Crippen molar-refractivity contribution in [3.8, 4) is 5.69 Å². The van der Waals surface area contributed by atoms with Crippen LogP contribution in [0.5, 0.6) is 0 Å². The smallest absolute Gasteiger partial charge is 0.319 e. The topological polar surface area (TPSA) is 61.8 Å². The van der Waals surface area contributed by atoms with Crippen LogP contribution >= 0.6 is 23.2 Å². The zero-order valence-corrected chi connectivity index (χ0v) is 18.3. The van der Waals surface area contributed by atoms with E-state index in [0.29, 0.717) is 33.3 Å². The molecule has 1 aliphatic rings. The van der Waals surface area contributed by atoms with Crippen LogP contribution in [0.4, 0.5) is 0 Å². The molecule has 0 aliphatic heterocycles. The highest BCUT2D eigenvalue weighted by atomic mass is 35.5. The van der Waals surface area contributed by atoms with E-state index in [9.17, 15) is 9.59 Å². The van der Waals surface area contributed by atoms with Gasteiger partial charge in [0.15, 0.2) is 11.2 Å². The van der Waals surface area contributed by atoms with Gasteiger partial charge in [0.1, 0.15) is 5.82 Å². The van der Waals surface area contributed by atoms with Gasteiger partial charge in [-0.3, -0.25) is 9.36 Å². The van der Waals surface area contributed by atoms with Crippen LogP contribution in [0.2, 0.25) is 10.0 Å². The number of hydrogen-bond donors (Lipinski definition) is 0. The van der Waals surface area contributed by atoms with Gasteiger partial charge in [0.2, 0.25) is 0 Å². The second kappa shape index (κ2) is 7.65. The Kier molecular flexibility index (Phi) is 5.34. The van der Waals surface area contributed by atoms with Crippen molar-refractivity contribution in [3.05, 3.63) is 54.9 Å². The first-order valence-corrected chi connectivity index (χ1v) is 10.9. The van der Waals surface area contributed by atoms with Crippen molar-refractivity contribution < 1.29 is 0 Å². The molecular formula is C21H24Cl2N4O2. The van der Waals surface area contributed by atoms with Gasteiger partial charge in [0.25, 0.3) is 5.56 Å². The fourth-order valence-electron chi connectivity index (χ4n) is 4.05. The quantitative estimate of drug-likeness (QED) is 0.553. The van der Waals surface area contributed by atoms with Crippen LogP contribution in [-0.2, 0) is 6.42 Å². The summed E-state index contributed by atoms with van der Waals surface area (Å²) in [6, 6.07) is 5.07. The SMILES string of the molecule is CCc1nc2c(c(=O)n(C3CC3)c(=O)n2-c2ccc(Cl)cc2Cl)n1C(CC)CC. The van der Waals surface area contributed by atoms with E-state index in [2.05, 4.69) is 13.8 Å². The Morgan fingerprint density at radius 2 is 1.83 bits per heavy atom. The fourth-order valence-corrected chi connectivity index (χ4v) is 4.54. The Labute approximate surface area is 178 Å². The van der Waals surface area contributed by atoms with Crippen molar-refractivity contribution in [2.45, 2.75) is 65.0 Å². The van der Waals surface area contributed by atoms with Crippen LogP contribution in [0.1, 0.15) is 64.4 Å². The molecule has 0 N–H and O–H groups in total. The summed E-state index contributed by atoms with van der Waals surface area (Å²) in [5.74, 6) is 0.803. The summed E-state index contributed by atoms with van der Waals surface area (Å²) in [4.78, 5) is 31.7.